The van der Waals surface area contributed by atoms with Crippen LogP contribution in [-0.4, -0.2) is 21.5 Å². The van der Waals surface area contributed by atoms with E-state index < -0.39 is 0 Å². The van der Waals surface area contributed by atoms with Gasteiger partial charge in [0, 0.05) is 19.3 Å². The maximum absolute atomic E-state index is 8.56. The molecule has 0 radical (unpaired) electrons. The number of aromatic nitrogens is 2. The van der Waals surface area contributed by atoms with Gasteiger partial charge in [0.1, 0.15) is 0 Å². The first kappa shape index (κ1) is 8.99. The summed E-state index contributed by atoms with van der Waals surface area (Å²) in [6.07, 6.45) is 2.77. The third-order valence-electron chi connectivity index (χ3n) is 1.43. The number of rotatable bonds is 3. The van der Waals surface area contributed by atoms with E-state index in [1.807, 2.05) is 17.8 Å². The first-order valence-electron chi connectivity index (χ1n) is 3.54. The van der Waals surface area contributed by atoms with Crippen LogP contribution in [0.5, 0.6) is 0 Å². The van der Waals surface area contributed by atoms with Gasteiger partial charge in [0.05, 0.1) is 9.26 Å². The molecule has 0 aliphatic rings. The summed E-state index contributed by atoms with van der Waals surface area (Å²) >= 11 is 2.25. The molecular weight excluding hydrogens is 255 g/mol. The monoisotopic (exact) mass is 266 g/mol. The van der Waals surface area contributed by atoms with E-state index in [-0.39, 0.29) is 6.61 Å². The third kappa shape index (κ3) is 2.44. The molecule has 0 atom stereocenters. The van der Waals surface area contributed by atoms with Crippen LogP contribution in [0.25, 0.3) is 0 Å². The molecule has 0 amide bonds. The van der Waals surface area contributed by atoms with Crippen LogP contribution < -0.4 is 0 Å². The summed E-state index contributed by atoms with van der Waals surface area (Å²) in [5.41, 5.74) is 1.06. The Bertz CT molecular complexity index is 215. The van der Waals surface area contributed by atoms with Crippen LogP contribution in [0.3, 0.4) is 0 Å². The van der Waals surface area contributed by atoms with E-state index in [1.54, 1.807) is 0 Å². The van der Waals surface area contributed by atoms with E-state index in [2.05, 4.69) is 27.7 Å². The summed E-state index contributed by atoms with van der Waals surface area (Å²) in [6.45, 7) is 3.02. The molecule has 1 rings (SSSR count). The maximum atomic E-state index is 8.56. The lowest BCUT2D eigenvalue weighted by Gasteiger charge is -1.96. The Balaban J connectivity index is 2.58. The van der Waals surface area contributed by atoms with Crippen LogP contribution in [0, 0.1) is 10.5 Å². The summed E-state index contributed by atoms with van der Waals surface area (Å²) in [4.78, 5) is 0. The fraction of sp³-hybridized carbons (Fsp3) is 0.571. The van der Waals surface area contributed by atoms with Crippen molar-refractivity contribution in [2.45, 2.75) is 19.9 Å². The van der Waals surface area contributed by atoms with Gasteiger partial charge in [-0.25, -0.2) is 0 Å². The Morgan fingerprint density at radius 2 is 2.45 bits per heavy atom. The van der Waals surface area contributed by atoms with Gasteiger partial charge in [-0.05, 0) is 35.9 Å². The van der Waals surface area contributed by atoms with E-state index >= 15 is 0 Å². The van der Waals surface area contributed by atoms with Gasteiger partial charge < -0.3 is 5.11 Å². The lowest BCUT2D eigenvalue weighted by molar-refractivity contribution is 0.277. The second kappa shape index (κ2) is 4.06. The lowest BCUT2D eigenvalue weighted by Crippen LogP contribution is -2.00. The number of hydrogen-bond donors (Lipinski definition) is 1. The van der Waals surface area contributed by atoms with Crippen LogP contribution >= 0.6 is 22.6 Å². The Morgan fingerprint density at radius 3 is 2.91 bits per heavy atom. The normalized spacial score (nSPS) is 10.5. The Hall–Kier alpha value is -0.100. The van der Waals surface area contributed by atoms with Crippen molar-refractivity contribution in [1.29, 1.82) is 0 Å². The average molecular weight is 266 g/mol. The standard InChI is InChI=1S/C7H11IN2O/c1-6-7(8)5-10(9-6)3-2-4-11/h5,11H,2-4H2,1H3. The molecule has 0 fully saturated rings. The van der Waals surface area contributed by atoms with Gasteiger partial charge in [0.25, 0.3) is 0 Å². The van der Waals surface area contributed by atoms with E-state index in [0.29, 0.717) is 0 Å². The first-order chi connectivity index (χ1) is 5.24. The zero-order valence-corrected chi connectivity index (χ0v) is 8.58. The van der Waals surface area contributed by atoms with Gasteiger partial charge in [-0.2, -0.15) is 5.10 Å². The summed E-state index contributed by atoms with van der Waals surface area (Å²) in [5, 5.41) is 12.8. The second-order valence-corrected chi connectivity index (χ2v) is 3.56. The Kier molecular flexibility index (Phi) is 3.32. The van der Waals surface area contributed by atoms with E-state index in [1.165, 1.54) is 3.57 Å². The smallest absolute Gasteiger partial charge is 0.0727 e. The number of aliphatic hydroxyl groups is 1. The predicted molar refractivity (Wildman–Crippen MR) is 51.4 cm³/mol. The van der Waals surface area contributed by atoms with Crippen molar-refractivity contribution in [1.82, 2.24) is 9.78 Å². The second-order valence-electron chi connectivity index (χ2n) is 2.40. The summed E-state index contributed by atoms with van der Waals surface area (Å²) < 4.78 is 3.05. The van der Waals surface area contributed by atoms with Gasteiger partial charge in [0.15, 0.2) is 0 Å². The minimum absolute atomic E-state index is 0.232. The third-order valence-corrected chi connectivity index (χ3v) is 2.49. The van der Waals surface area contributed by atoms with Gasteiger partial charge >= 0.3 is 0 Å². The van der Waals surface area contributed by atoms with Crippen LogP contribution in [0.4, 0.5) is 0 Å². The Morgan fingerprint density at radius 1 is 1.73 bits per heavy atom. The van der Waals surface area contributed by atoms with Crippen molar-refractivity contribution in [3.8, 4) is 0 Å². The minimum atomic E-state index is 0.232. The van der Waals surface area contributed by atoms with Crippen LogP contribution in [0.2, 0.25) is 0 Å². The molecule has 0 bridgehead atoms. The molecule has 0 saturated heterocycles. The highest BCUT2D eigenvalue weighted by atomic mass is 127. The number of aryl methyl sites for hydroxylation is 2. The largest absolute Gasteiger partial charge is 0.396 e. The van der Waals surface area contributed by atoms with Crippen molar-refractivity contribution >= 4 is 22.6 Å². The predicted octanol–water partition coefficient (Wildman–Crippen LogP) is 1.18. The molecule has 0 aliphatic carbocycles. The highest BCUT2D eigenvalue weighted by molar-refractivity contribution is 14.1. The molecular formula is C7H11IN2O. The molecule has 0 saturated carbocycles. The summed E-state index contributed by atoms with van der Waals surface area (Å²) in [5.74, 6) is 0. The summed E-state index contributed by atoms with van der Waals surface area (Å²) in [7, 11) is 0. The number of hydrogen-bond acceptors (Lipinski definition) is 2. The van der Waals surface area contributed by atoms with Gasteiger partial charge in [0.2, 0.25) is 0 Å². The molecule has 0 spiro atoms. The fourth-order valence-corrected chi connectivity index (χ4v) is 1.27. The fourth-order valence-electron chi connectivity index (χ4n) is 0.841. The number of aliphatic hydroxyl groups excluding tert-OH is 1. The number of halogens is 1. The minimum Gasteiger partial charge on any atom is -0.396 e. The average Bonchev–Trinajstić information content (AvgIpc) is 2.28. The maximum Gasteiger partial charge on any atom is 0.0727 e. The zero-order chi connectivity index (χ0) is 8.27. The SMILES string of the molecule is Cc1nn(CCCO)cc1I. The van der Waals surface area contributed by atoms with Crippen molar-refractivity contribution in [3.63, 3.8) is 0 Å². The topological polar surface area (TPSA) is 38.0 Å². The lowest BCUT2D eigenvalue weighted by atomic mass is 10.4. The molecule has 62 valence electrons. The van der Waals surface area contributed by atoms with Crippen LogP contribution in [0.15, 0.2) is 6.20 Å². The summed E-state index contributed by atoms with van der Waals surface area (Å²) in [6, 6.07) is 0. The van der Waals surface area contributed by atoms with E-state index in [0.717, 1.165) is 18.7 Å². The highest BCUT2D eigenvalue weighted by Crippen LogP contribution is 2.08. The van der Waals surface area contributed by atoms with Gasteiger partial charge in [-0.15, -0.1) is 0 Å². The van der Waals surface area contributed by atoms with Crippen molar-refractivity contribution in [2.24, 2.45) is 0 Å². The number of nitrogens with zero attached hydrogens (tertiary/aromatic N) is 2. The molecule has 1 aromatic heterocycles. The zero-order valence-electron chi connectivity index (χ0n) is 6.42. The van der Waals surface area contributed by atoms with Gasteiger partial charge in [-0.1, -0.05) is 0 Å². The first-order valence-corrected chi connectivity index (χ1v) is 4.62. The molecule has 1 heterocycles. The van der Waals surface area contributed by atoms with E-state index in [9.17, 15) is 0 Å². The molecule has 4 heteroatoms. The van der Waals surface area contributed by atoms with E-state index in [4.69, 9.17) is 5.11 Å². The molecule has 1 aromatic rings. The Labute approximate surface area is 79.6 Å². The quantitative estimate of drug-likeness (QED) is 0.834. The molecule has 0 unspecified atom stereocenters. The highest BCUT2D eigenvalue weighted by Gasteiger charge is 1.99. The van der Waals surface area contributed by atoms with Crippen LogP contribution in [0.1, 0.15) is 12.1 Å². The molecule has 0 aliphatic heterocycles. The van der Waals surface area contributed by atoms with Crippen molar-refractivity contribution in [3.05, 3.63) is 15.5 Å². The van der Waals surface area contributed by atoms with Crippen molar-refractivity contribution < 1.29 is 5.11 Å². The van der Waals surface area contributed by atoms with Gasteiger partial charge in [-0.3, -0.25) is 4.68 Å². The molecule has 11 heavy (non-hydrogen) atoms. The molecule has 1 N–H and O–H groups in total. The van der Waals surface area contributed by atoms with Crippen molar-refractivity contribution in [2.75, 3.05) is 6.61 Å². The molecule has 3 nitrogen and oxygen atoms in total. The van der Waals surface area contributed by atoms with Crippen LogP contribution in [-0.2, 0) is 6.54 Å². The molecule has 0 aromatic carbocycles.